The monoisotopic (exact) mass is 277 g/mol. The van der Waals surface area contributed by atoms with Gasteiger partial charge in [-0.3, -0.25) is 4.79 Å². The maximum Gasteiger partial charge on any atom is 0.251 e. The van der Waals surface area contributed by atoms with E-state index in [0.29, 0.717) is 18.8 Å². The van der Waals surface area contributed by atoms with E-state index < -0.39 is 0 Å². The molecule has 20 heavy (non-hydrogen) atoms. The van der Waals surface area contributed by atoms with E-state index in [1.54, 1.807) is 7.11 Å². The summed E-state index contributed by atoms with van der Waals surface area (Å²) in [6.45, 7) is 2.98. The number of methoxy groups -OCH3 is 1. The molecule has 2 heterocycles. The van der Waals surface area contributed by atoms with E-state index in [1.807, 2.05) is 31.2 Å². The van der Waals surface area contributed by atoms with Gasteiger partial charge >= 0.3 is 0 Å². The van der Waals surface area contributed by atoms with Gasteiger partial charge in [-0.25, -0.2) is 0 Å². The van der Waals surface area contributed by atoms with E-state index in [9.17, 15) is 4.79 Å². The number of amides is 1. The Morgan fingerprint density at radius 2 is 1.90 bits per heavy atom. The lowest BCUT2D eigenvalue weighted by atomic mass is 10.1. The average molecular weight is 277 g/mol. The highest BCUT2D eigenvalue weighted by molar-refractivity contribution is 5.94. The molecule has 1 aromatic rings. The molecule has 0 saturated carbocycles. The van der Waals surface area contributed by atoms with Gasteiger partial charge in [0.05, 0.1) is 19.3 Å². The van der Waals surface area contributed by atoms with Gasteiger partial charge in [0.15, 0.2) is 0 Å². The van der Waals surface area contributed by atoms with Crippen LogP contribution in [0.5, 0.6) is 0 Å². The summed E-state index contributed by atoms with van der Waals surface area (Å²) >= 11 is 0. The first-order chi connectivity index (χ1) is 9.69. The van der Waals surface area contributed by atoms with E-state index >= 15 is 0 Å². The summed E-state index contributed by atoms with van der Waals surface area (Å²) in [6, 6.07) is 7.39. The molecule has 0 aliphatic carbocycles. The van der Waals surface area contributed by atoms with Gasteiger partial charge in [-0.1, -0.05) is 17.7 Å². The lowest BCUT2D eigenvalue weighted by Gasteiger charge is -2.17. The average Bonchev–Trinajstić information content (AvgIpc) is 3.02. The van der Waals surface area contributed by atoms with Crippen LogP contribution in [0.2, 0.25) is 0 Å². The molecule has 108 valence electrons. The molecule has 0 aromatic heterocycles. The topological polar surface area (TPSA) is 56.8 Å². The zero-order chi connectivity index (χ0) is 14.1. The van der Waals surface area contributed by atoms with Crippen LogP contribution >= 0.6 is 0 Å². The molecule has 4 atom stereocenters. The van der Waals surface area contributed by atoms with Crippen LogP contribution in [0, 0.1) is 6.92 Å². The maximum absolute atomic E-state index is 12.2. The van der Waals surface area contributed by atoms with Gasteiger partial charge < -0.3 is 19.5 Å². The van der Waals surface area contributed by atoms with E-state index in [-0.39, 0.29) is 30.3 Å². The van der Waals surface area contributed by atoms with Crippen molar-refractivity contribution in [1.82, 2.24) is 5.32 Å². The van der Waals surface area contributed by atoms with Crippen LogP contribution in [0.3, 0.4) is 0 Å². The highest BCUT2D eigenvalue weighted by Gasteiger charge is 2.48. The minimum absolute atomic E-state index is 0.0405. The van der Waals surface area contributed by atoms with Crippen LogP contribution in [-0.4, -0.2) is 50.6 Å². The molecule has 5 nitrogen and oxygen atoms in total. The molecule has 5 heteroatoms. The molecule has 0 radical (unpaired) electrons. The smallest absolute Gasteiger partial charge is 0.251 e. The second-order valence-electron chi connectivity index (χ2n) is 5.32. The van der Waals surface area contributed by atoms with Gasteiger partial charge in [0.1, 0.15) is 18.3 Å². The highest BCUT2D eigenvalue weighted by atomic mass is 16.6. The molecule has 2 fully saturated rings. The first-order valence-electron chi connectivity index (χ1n) is 6.82. The predicted octanol–water partition coefficient (Wildman–Crippen LogP) is 0.906. The summed E-state index contributed by atoms with van der Waals surface area (Å²) in [7, 11) is 1.65. The molecule has 0 bridgehead atoms. The zero-order valence-corrected chi connectivity index (χ0v) is 11.7. The summed E-state index contributed by atoms with van der Waals surface area (Å²) in [5.41, 5.74) is 1.79. The third-order valence-electron chi connectivity index (χ3n) is 3.94. The Bertz CT molecular complexity index is 487. The van der Waals surface area contributed by atoms with Crippen LogP contribution in [-0.2, 0) is 14.2 Å². The Kier molecular flexibility index (Phi) is 3.74. The fraction of sp³-hybridized carbons (Fsp3) is 0.533. The third kappa shape index (κ3) is 2.44. The number of rotatable bonds is 3. The van der Waals surface area contributed by atoms with Gasteiger partial charge in [-0.2, -0.15) is 0 Å². The number of carbonyl (C=O) groups is 1. The van der Waals surface area contributed by atoms with E-state index in [1.165, 1.54) is 0 Å². The molecule has 2 saturated heterocycles. The van der Waals surface area contributed by atoms with Crippen molar-refractivity contribution >= 4 is 5.91 Å². The number of ether oxygens (including phenoxy) is 3. The fourth-order valence-corrected chi connectivity index (χ4v) is 2.75. The van der Waals surface area contributed by atoms with Crippen LogP contribution in [0.25, 0.3) is 0 Å². The number of nitrogens with one attached hydrogen (secondary N) is 1. The van der Waals surface area contributed by atoms with Crippen molar-refractivity contribution in [1.29, 1.82) is 0 Å². The minimum atomic E-state index is -0.117. The van der Waals surface area contributed by atoms with E-state index in [2.05, 4.69) is 5.32 Å². The molecule has 2 aliphatic rings. The Morgan fingerprint density at radius 1 is 1.20 bits per heavy atom. The van der Waals surface area contributed by atoms with Gasteiger partial charge in [0.2, 0.25) is 0 Å². The summed E-state index contributed by atoms with van der Waals surface area (Å²) < 4.78 is 16.7. The van der Waals surface area contributed by atoms with Gasteiger partial charge in [-0.15, -0.1) is 0 Å². The van der Waals surface area contributed by atoms with Crippen molar-refractivity contribution in [2.45, 2.75) is 31.3 Å². The van der Waals surface area contributed by atoms with Crippen LogP contribution < -0.4 is 5.32 Å². The molecule has 1 amide bonds. The number of aryl methyl sites for hydroxylation is 1. The molecular weight excluding hydrogens is 258 g/mol. The Hall–Kier alpha value is -1.43. The summed E-state index contributed by atoms with van der Waals surface area (Å²) in [5, 5.41) is 2.99. The van der Waals surface area contributed by atoms with Crippen LogP contribution in [0.15, 0.2) is 24.3 Å². The van der Waals surface area contributed by atoms with Gasteiger partial charge in [0, 0.05) is 12.7 Å². The quantitative estimate of drug-likeness (QED) is 0.892. The van der Waals surface area contributed by atoms with Crippen molar-refractivity contribution in [2.75, 3.05) is 20.3 Å². The summed E-state index contributed by atoms with van der Waals surface area (Å²) in [6.07, 6.45) is -0.237. The number of carbonyl (C=O) groups excluding carboxylic acids is 1. The van der Waals surface area contributed by atoms with Gasteiger partial charge in [-0.05, 0) is 19.1 Å². The lowest BCUT2D eigenvalue weighted by molar-refractivity contribution is -0.00817. The van der Waals surface area contributed by atoms with Crippen LogP contribution in [0.4, 0.5) is 0 Å². The summed E-state index contributed by atoms with van der Waals surface area (Å²) in [4.78, 5) is 12.2. The minimum Gasteiger partial charge on any atom is -0.376 e. The molecular formula is C15H19NO4. The number of hydrogen-bond acceptors (Lipinski definition) is 4. The van der Waals surface area contributed by atoms with E-state index in [0.717, 1.165) is 5.56 Å². The van der Waals surface area contributed by atoms with E-state index in [4.69, 9.17) is 14.2 Å². The van der Waals surface area contributed by atoms with Crippen molar-refractivity contribution in [3.63, 3.8) is 0 Å². The third-order valence-corrected chi connectivity index (χ3v) is 3.94. The molecule has 3 rings (SSSR count). The first-order valence-corrected chi connectivity index (χ1v) is 6.82. The highest BCUT2D eigenvalue weighted by Crippen LogP contribution is 2.28. The van der Waals surface area contributed by atoms with Crippen molar-refractivity contribution in [2.24, 2.45) is 0 Å². The SMILES string of the molecule is CO[C@@H]1CO[C@H]2[C@H]1OC[C@H]2NC(=O)c1ccc(C)cc1. The Balaban J connectivity index is 1.64. The normalized spacial score (nSPS) is 32.1. The predicted molar refractivity (Wildman–Crippen MR) is 72.7 cm³/mol. The molecule has 0 unspecified atom stereocenters. The standard InChI is InChI=1S/C15H19NO4/c1-9-3-5-10(6-4-9)15(17)16-11-7-19-14-12(18-2)8-20-13(11)14/h3-6,11-14H,7-8H2,1-2H3,(H,16,17)/t11-,12-,13-,14+/m1/s1. The summed E-state index contributed by atoms with van der Waals surface area (Å²) in [5.74, 6) is -0.0938. The second kappa shape index (κ2) is 5.52. The second-order valence-corrected chi connectivity index (χ2v) is 5.32. The number of benzene rings is 1. The van der Waals surface area contributed by atoms with Crippen LogP contribution in [0.1, 0.15) is 15.9 Å². The van der Waals surface area contributed by atoms with Crippen molar-refractivity contribution in [3.8, 4) is 0 Å². The van der Waals surface area contributed by atoms with Gasteiger partial charge in [0.25, 0.3) is 5.91 Å². The first kappa shape index (κ1) is 13.5. The molecule has 1 N–H and O–H groups in total. The molecule has 2 aliphatic heterocycles. The maximum atomic E-state index is 12.2. The van der Waals surface area contributed by atoms with Crippen molar-refractivity contribution in [3.05, 3.63) is 35.4 Å². The number of hydrogen-bond donors (Lipinski definition) is 1. The Labute approximate surface area is 118 Å². The zero-order valence-electron chi connectivity index (χ0n) is 11.7. The largest absolute Gasteiger partial charge is 0.376 e. The molecule has 0 spiro atoms. The van der Waals surface area contributed by atoms with Crippen molar-refractivity contribution < 1.29 is 19.0 Å². The lowest BCUT2D eigenvalue weighted by Crippen LogP contribution is -2.44. The fourth-order valence-electron chi connectivity index (χ4n) is 2.75. The molecule has 1 aromatic carbocycles. The Morgan fingerprint density at radius 3 is 2.60 bits per heavy atom. The number of fused-ring (bicyclic) bond motifs is 1.